The number of para-hydroxylation sites is 2. The molecular formula is C24H16Cl2N2O. The molecule has 3 aromatic carbocycles. The summed E-state index contributed by atoms with van der Waals surface area (Å²) in [6, 6.07) is 23.0. The lowest BCUT2D eigenvalue weighted by molar-refractivity contribution is 0.0991. The molecule has 5 rings (SSSR count). The second-order valence-corrected chi connectivity index (χ2v) is 7.85. The predicted octanol–water partition coefficient (Wildman–Crippen LogP) is 6.41. The Bertz CT molecular complexity index is 1270. The highest BCUT2D eigenvalue weighted by atomic mass is 35.5. The molecule has 0 spiro atoms. The van der Waals surface area contributed by atoms with Gasteiger partial charge in [0.15, 0.2) is 0 Å². The lowest BCUT2D eigenvalue weighted by Crippen LogP contribution is -2.29. The molecule has 142 valence electrons. The average Bonchev–Trinajstić information content (AvgIpc) is 3.18. The fourth-order valence-electron chi connectivity index (χ4n) is 3.85. The summed E-state index contributed by atoms with van der Waals surface area (Å²) < 4.78 is 0. The monoisotopic (exact) mass is 418 g/mol. The highest BCUT2D eigenvalue weighted by Crippen LogP contribution is 2.33. The molecule has 1 aliphatic heterocycles. The number of amides is 1. The molecule has 2 heterocycles. The van der Waals surface area contributed by atoms with Crippen LogP contribution in [0.2, 0.25) is 10.0 Å². The van der Waals surface area contributed by atoms with Crippen molar-refractivity contribution in [1.82, 2.24) is 4.98 Å². The zero-order chi connectivity index (χ0) is 20.0. The van der Waals surface area contributed by atoms with Gasteiger partial charge in [0.05, 0.1) is 26.8 Å². The Hall–Kier alpha value is -2.88. The lowest BCUT2D eigenvalue weighted by Gasteiger charge is -2.19. The molecule has 0 saturated heterocycles. The van der Waals surface area contributed by atoms with Crippen molar-refractivity contribution < 1.29 is 4.79 Å². The second-order valence-electron chi connectivity index (χ2n) is 7.04. The van der Waals surface area contributed by atoms with Gasteiger partial charge in [-0.3, -0.25) is 4.79 Å². The first-order chi connectivity index (χ1) is 14.1. The number of hydrogen-bond acceptors (Lipinski definition) is 2. The molecule has 0 aliphatic carbocycles. The maximum atomic E-state index is 13.6. The summed E-state index contributed by atoms with van der Waals surface area (Å²) in [6.45, 7) is 0.678. The quantitative estimate of drug-likeness (QED) is 0.376. The van der Waals surface area contributed by atoms with Gasteiger partial charge in [-0.15, -0.1) is 0 Å². The highest BCUT2D eigenvalue weighted by molar-refractivity contribution is 6.42. The zero-order valence-electron chi connectivity index (χ0n) is 15.4. The fourth-order valence-corrected chi connectivity index (χ4v) is 4.15. The van der Waals surface area contributed by atoms with E-state index < -0.39 is 0 Å². The van der Waals surface area contributed by atoms with E-state index in [1.54, 1.807) is 12.1 Å². The minimum absolute atomic E-state index is 0.0186. The largest absolute Gasteiger partial charge is 0.308 e. The SMILES string of the molecule is O=C(c1cc(-c2ccc(Cl)c(Cl)c2)nc2ccccc12)N1CCc2ccccc21. The molecule has 4 aromatic rings. The molecule has 0 saturated carbocycles. The van der Waals surface area contributed by atoms with Crippen molar-refractivity contribution in [3.63, 3.8) is 0 Å². The van der Waals surface area contributed by atoms with Crippen LogP contribution < -0.4 is 4.90 Å². The summed E-state index contributed by atoms with van der Waals surface area (Å²) >= 11 is 12.3. The average molecular weight is 419 g/mol. The smallest absolute Gasteiger partial charge is 0.259 e. The normalized spacial score (nSPS) is 13.0. The Kier molecular flexibility index (Phi) is 4.50. The molecule has 0 unspecified atom stereocenters. The van der Waals surface area contributed by atoms with Crippen LogP contribution in [0.3, 0.4) is 0 Å². The number of rotatable bonds is 2. The molecule has 0 N–H and O–H groups in total. The minimum atomic E-state index is -0.0186. The number of hydrogen-bond donors (Lipinski definition) is 0. The van der Waals surface area contributed by atoms with Gasteiger partial charge in [0.1, 0.15) is 0 Å². The van der Waals surface area contributed by atoms with E-state index >= 15 is 0 Å². The molecular weight excluding hydrogens is 403 g/mol. The highest BCUT2D eigenvalue weighted by Gasteiger charge is 2.27. The summed E-state index contributed by atoms with van der Waals surface area (Å²) in [6.07, 6.45) is 0.866. The van der Waals surface area contributed by atoms with Crippen LogP contribution in [0.4, 0.5) is 5.69 Å². The van der Waals surface area contributed by atoms with Gasteiger partial charge >= 0.3 is 0 Å². The molecule has 0 fully saturated rings. The first-order valence-corrected chi connectivity index (χ1v) is 10.1. The van der Waals surface area contributed by atoms with Crippen LogP contribution in [0.1, 0.15) is 15.9 Å². The number of fused-ring (bicyclic) bond motifs is 2. The van der Waals surface area contributed by atoms with Crippen molar-refractivity contribution in [2.75, 3.05) is 11.4 Å². The Balaban J connectivity index is 1.67. The topological polar surface area (TPSA) is 33.2 Å². The van der Waals surface area contributed by atoms with Crippen LogP contribution in [0.15, 0.2) is 72.8 Å². The molecule has 0 atom stereocenters. The number of halogens is 2. The molecule has 29 heavy (non-hydrogen) atoms. The molecule has 3 nitrogen and oxygen atoms in total. The summed E-state index contributed by atoms with van der Waals surface area (Å²) in [5.74, 6) is -0.0186. The lowest BCUT2D eigenvalue weighted by atomic mass is 10.0. The van der Waals surface area contributed by atoms with Crippen molar-refractivity contribution in [3.05, 3.63) is 94.0 Å². The minimum Gasteiger partial charge on any atom is -0.308 e. The summed E-state index contributed by atoms with van der Waals surface area (Å²) in [7, 11) is 0. The van der Waals surface area contributed by atoms with Crippen molar-refractivity contribution in [2.24, 2.45) is 0 Å². The Labute approximate surface area is 178 Å². The standard InChI is InChI=1S/C24H16Cl2N2O/c25-19-10-9-16(13-20(19)26)22-14-18(17-6-2-3-7-21(17)27-22)24(29)28-12-11-15-5-1-4-8-23(15)28/h1-10,13-14H,11-12H2. The van der Waals surface area contributed by atoms with E-state index in [1.165, 1.54) is 5.56 Å². The van der Waals surface area contributed by atoms with E-state index in [9.17, 15) is 4.79 Å². The van der Waals surface area contributed by atoms with Crippen LogP contribution in [0, 0.1) is 0 Å². The van der Waals surface area contributed by atoms with Gasteiger partial charge in [-0.05, 0) is 42.3 Å². The number of benzene rings is 3. The summed E-state index contributed by atoms with van der Waals surface area (Å²) in [5.41, 5.74) is 5.10. The predicted molar refractivity (Wildman–Crippen MR) is 119 cm³/mol. The van der Waals surface area contributed by atoms with Crippen LogP contribution in [-0.2, 0) is 6.42 Å². The maximum Gasteiger partial charge on any atom is 0.259 e. The Morgan fingerprint density at radius 3 is 2.55 bits per heavy atom. The van der Waals surface area contributed by atoms with E-state index in [2.05, 4.69) is 6.07 Å². The second kappa shape index (κ2) is 7.18. The van der Waals surface area contributed by atoms with Gasteiger partial charge in [0.2, 0.25) is 0 Å². The molecule has 1 aromatic heterocycles. The van der Waals surface area contributed by atoms with E-state index in [-0.39, 0.29) is 5.91 Å². The van der Waals surface area contributed by atoms with Gasteiger partial charge < -0.3 is 4.90 Å². The van der Waals surface area contributed by atoms with Crippen molar-refractivity contribution in [3.8, 4) is 11.3 Å². The van der Waals surface area contributed by atoms with Gasteiger partial charge in [0.25, 0.3) is 5.91 Å². The van der Waals surface area contributed by atoms with Gasteiger partial charge in [0, 0.05) is 23.2 Å². The van der Waals surface area contributed by atoms with Crippen molar-refractivity contribution >= 4 is 45.7 Å². The van der Waals surface area contributed by atoms with E-state index in [0.29, 0.717) is 27.8 Å². The van der Waals surface area contributed by atoms with E-state index in [4.69, 9.17) is 28.2 Å². The summed E-state index contributed by atoms with van der Waals surface area (Å²) in [5, 5.41) is 1.78. The Morgan fingerprint density at radius 2 is 1.69 bits per heavy atom. The molecule has 1 amide bonds. The van der Waals surface area contributed by atoms with Crippen LogP contribution in [0.5, 0.6) is 0 Å². The van der Waals surface area contributed by atoms with Crippen LogP contribution >= 0.6 is 23.2 Å². The first kappa shape index (κ1) is 18.2. The number of carbonyl (C=O) groups excluding carboxylic acids is 1. The van der Waals surface area contributed by atoms with Crippen LogP contribution in [-0.4, -0.2) is 17.4 Å². The molecule has 1 aliphatic rings. The van der Waals surface area contributed by atoms with Gasteiger partial charge in [-0.2, -0.15) is 0 Å². The third kappa shape index (κ3) is 3.17. The third-order valence-electron chi connectivity index (χ3n) is 5.29. The van der Waals surface area contributed by atoms with Gasteiger partial charge in [-0.25, -0.2) is 4.98 Å². The van der Waals surface area contributed by atoms with Crippen LogP contribution in [0.25, 0.3) is 22.2 Å². The van der Waals surface area contributed by atoms with Crippen molar-refractivity contribution in [1.29, 1.82) is 0 Å². The summed E-state index contributed by atoms with van der Waals surface area (Å²) in [4.78, 5) is 20.2. The number of carbonyl (C=O) groups is 1. The molecule has 5 heteroatoms. The number of aromatic nitrogens is 1. The Morgan fingerprint density at radius 1 is 0.897 bits per heavy atom. The van der Waals surface area contributed by atoms with E-state index in [1.807, 2.05) is 59.5 Å². The first-order valence-electron chi connectivity index (χ1n) is 9.37. The molecule has 0 bridgehead atoms. The molecule has 0 radical (unpaired) electrons. The number of nitrogens with zero attached hydrogens (tertiary/aromatic N) is 2. The number of pyridine rings is 1. The zero-order valence-corrected chi connectivity index (χ0v) is 16.9. The maximum absolute atomic E-state index is 13.6. The third-order valence-corrected chi connectivity index (χ3v) is 6.03. The van der Waals surface area contributed by atoms with E-state index in [0.717, 1.165) is 28.6 Å². The van der Waals surface area contributed by atoms with Gasteiger partial charge in [-0.1, -0.05) is 65.7 Å². The number of anilines is 1. The fraction of sp³-hybridized carbons (Fsp3) is 0.0833. The van der Waals surface area contributed by atoms with Crippen molar-refractivity contribution in [2.45, 2.75) is 6.42 Å².